The molecule has 0 amide bonds. The number of aromatic hydroxyl groups is 1. The third kappa shape index (κ3) is 3.07. The Labute approximate surface area is 103 Å². The second-order valence-corrected chi connectivity index (χ2v) is 3.71. The fourth-order valence-electron chi connectivity index (χ4n) is 0.811. The number of hydrogen-bond acceptors (Lipinski definition) is 4. The average molecular weight is 226 g/mol. The summed E-state index contributed by atoms with van der Waals surface area (Å²) >= 11 is 0. The van der Waals surface area contributed by atoms with Crippen LogP contribution in [-0.4, -0.2) is 53.9 Å². The fourth-order valence-corrected chi connectivity index (χ4v) is 1.43. The van der Waals surface area contributed by atoms with Gasteiger partial charge in [0.25, 0.3) is 10.1 Å². The predicted molar refractivity (Wildman–Crippen MR) is 50.5 cm³/mol. The van der Waals surface area contributed by atoms with Gasteiger partial charge < -0.3 is 5.11 Å². The number of carbonyl (C=O) groups is 1. The van der Waals surface area contributed by atoms with E-state index < -0.39 is 20.8 Å². The monoisotopic (exact) mass is 226 g/mol. The molecule has 0 saturated carbocycles. The number of carbonyl (C=O) groups excluding carboxylic acids is 1. The second kappa shape index (κ2) is 4.90. The van der Waals surface area contributed by atoms with Crippen LogP contribution in [0.25, 0.3) is 0 Å². The van der Waals surface area contributed by atoms with Crippen LogP contribution in [0.2, 0.25) is 0 Å². The van der Waals surface area contributed by atoms with Gasteiger partial charge in [-0.15, -0.1) is 0 Å². The van der Waals surface area contributed by atoms with Crippen LogP contribution in [0, 0.1) is 0 Å². The first-order valence-electron chi connectivity index (χ1n) is 3.21. The van der Waals surface area contributed by atoms with Crippen LogP contribution in [0.5, 0.6) is 5.75 Å². The number of rotatable bonds is 2. The molecule has 0 aliphatic carbocycles. The molecule has 1 aromatic carbocycles. The Hall–Kier alpha value is -0.400. The summed E-state index contributed by atoms with van der Waals surface area (Å²) in [6.45, 7) is 0. The molecule has 5 nitrogen and oxygen atoms in total. The van der Waals surface area contributed by atoms with Crippen molar-refractivity contribution in [3.63, 3.8) is 0 Å². The molecule has 0 spiro atoms. The van der Waals surface area contributed by atoms with Gasteiger partial charge in [0.15, 0.2) is 0 Å². The van der Waals surface area contributed by atoms with E-state index in [9.17, 15) is 13.2 Å². The van der Waals surface area contributed by atoms with E-state index in [1.807, 2.05) is 0 Å². The Balaban J connectivity index is 0.00000169. The molecule has 7 heteroatoms. The Morgan fingerprint density at radius 1 is 1.29 bits per heavy atom. The molecule has 0 unspecified atom stereocenters. The molecule has 0 aliphatic heterocycles. The first-order valence-corrected chi connectivity index (χ1v) is 4.65. The normalized spacial score (nSPS) is 10.4. The molecule has 0 aromatic heterocycles. The van der Waals surface area contributed by atoms with Crippen LogP contribution in [0.3, 0.4) is 0 Å². The van der Waals surface area contributed by atoms with Crippen molar-refractivity contribution in [2.45, 2.75) is 4.90 Å². The quantitative estimate of drug-likeness (QED) is 0.414. The SMILES string of the molecule is O=Cc1ccc(O)c(S(=O)(=O)O)c1.[NaH]. The Bertz CT molecular complexity index is 439. The summed E-state index contributed by atoms with van der Waals surface area (Å²) in [4.78, 5) is 9.57. The van der Waals surface area contributed by atoms with E-state index >= 15 is 0 Å². The van der Waals surface area contributed by atoms with Crippen LogP contribution >= 0.6 is 0 Å². The van der Waals surface area contributed by atoms with Gasteiger partial charge in [0.2, 0.25) is 0 Å². The van der Waals surface area contributed by atoms with Gasteiger partial charge in [0, 0.05) is 5.56 Å². The van der Waals surface area contributed by atoms with Crippen molar-refractivity contribution in [2.24, 2.45) is 0 Å². The second-order valence-electron chi connectivity index (χ2n) is 2.32. The molecule has 0 saturated heterocycles. The van der Waals surface area contributed by atoms with Crippen molar-refractivity contribution >= 4 is 46.0 Å². The number of aldehydes is 1. The number of benzene rings is 1. The van der Waals surface area contributed by atoms with Gasteiger partial charge in [-0.25, -0.2) is 0 Å². The maximum absolute atomic E-state index is 10.6. The molecular formula is C7H7NaO5S. The van der Waals surface area contributed by atoms with Crippen LogP contribution in [0.4, 0.5) is 0 Å². The van der Waals surface area contributed by atoms with E-state index in [-0.39, 0.29) is 35.1 Å². The molecular weight excluding hydrogens is 219 g/mol. The van der Waals surface area contributed by atoms with Gasteiger partial charge in [-0.05, 0) is 18.2 Å². The summed E-state index contributed by atoms with van der Waals surface area (Å²) in [6.07, 6.45) is 0.411. The average Bonchev–Trinajstić information content (AvgIpc) is 2.03. The van der Waals surface area contributed by atoms with Gasteiger partial charge in [0.1, 0.15) is 16.9 Å². The van der Waals surface area contributed by atoms with Crippen molar-refractivity contribution in [1.82, 2.24) is 0 Å². The first-order chi connectivity index (χ1) is 5.95. The third-order valence-corrected chi connectivity index (χ3v) is 2.28. The van der Waals surface area contributed by atoms with Gasteiger partial charge >= 0.3 is 29.6 Å². The van der Waals surface area contributed by atoms with E-state index in [0.29, 0.717) is 6.29 Å². The minimum absolute atomic E-state index is 0. The van der Waals surface area contributed by atoms with Crippen molar-refractivity contribution in [3.8, 4) is 5.75 Å². The number of hydrogen-bond donors (Lipinski definition) is 2. The molecule has 2 N–H and O–H groups in total. The molecule has 0 fully saturated rings. The van der Waals surface area contributed by atoms with Crippen LogP contribution in [0.1, 0.15) is 10.4 Å². The van der Waals surface area contributed by atoms with Crippen molar-refractivity contribution in [3.05, 3.63) is 23.8 Å². The molecule has 0 aliphatic rings. The molecule has 1 rings (SSSR count). The van der Waals surface area contributed by atoms with Gasteiger partial charge in [-0.1, -0.05) is 0 Å². The van der Waals surface area contributed by atoms with Gasteiger partial charge in [0.05, 0.1) is 0 Å². The molecule has 72 valence electrons. The molecule has 0 heterocycles. The van der Waals surface area contributed by atoms with Crippen LogP contribution in [-0.2, 0) is 10.1 Å². The van der Waals surface area contributed by atoms with E-state index in [4.69, 9.17) is 9.66 Å². The van der Waals surface area contributed by atoms with Crippen molar-refractivity contribution in [1.29, 1.82) is 0 Å². The zero-order valence-electron chi connectivity index (χ0n) is 6.34. The Kier molecular flexibility index (Phi) is 4.76. The standard InChI is InChI=1S/C7H6O5S.Na.H/c8-4-5-1-2-6(9)7(3-5)13(10,11)12;;/h1-4,9H,(H,10,11,12);;. The van der Waals surface area contributed by atoms with E-state index in [1.165, 1.54) is 6.07 Å². The number of phenolic OH excluding ortho intramolecular Hbond substituents is 1. The van der Waals surface area contributed by atoms with Crippen molar-refractivity contribution < 1.29 is 22.9 Å². The van der Waals surface area contributed by atoms with E-state index in [1.54, 1.807) is 0 Å². The Morgan fingerprint density at radius 2 is 1.86 bits per heavy atom. The fraction of sp³-hybridized carbons (Fsp3) is 0. The summed E-state index contributed by atoms with van der Waals surface area (Å²) in [5, 5.41) is 9.01. The summed E-state index contributed by atoms with van der Waals surface area (Å²) in [5.74, 6) is -0.590. The summed E-state index contributed by atoms with van der Waals surface area (Å²) in [7, 11) is -4.47. The summed E-state index contributed by atoms with van der Waals surface area (Å²) in [6, 6.07) is 3.14. The summed E-state index contributed by atoms with van der Waals surface area (Å²) < 4.78 is 29.8. The van der Waals surface area contributed by atoms with E-state index in [0.717, 1.165) is 12.1 Å². The molecule has 0 bridgehead atoms. The molecule has 0 atom stereocenters. The third-order valence-electron chi connectivity index (χ3n) is 1.40. The van der Waals surface area contributed by atoms with Gasteiger partial charge in [-0.3, -0.25) is 9.35 Å². The zero-order valence-corrected chi connectivity index (χ0v) is 7.15. The van der Waals surface area contributed by atoms with Crippen LogP contribution < -0.4 is 0 Å². The zero-order chi connectivity index (χ0) is 10.1. The first kappa shape index (κ1) is 13.6. The molecule has 1 aromatic rings. The number of phenols is 1. The minimum atomic E-state index is -4.47. The predicted octanol–water partition coefficient (Wildman–Crippen LogP) is -0.197. The summed E-state index contributed by atoms with van der Waals surface area (Å²) in [5.41, 5.74) is 0.0606. The Morgan fingerprint density at radius 3 is 2.29 bits per heavy atom. The molecule has 14 heavy (non-hydrogen) atoms. The van der Waals surface area contributed by atoms with Crippen LogP contribution in [0.15, 0.2) is 23.1 Å². The van der Waals surface area contributed by atoms with Crippen molar-refractivity contribution in [2.75, 3.05) is 0 Å². The topological polar surface area (TPSA) is 91.7 Å². The van der Waals surface area contributed by atoms with Gasteiger partial charge in [-0.2, -0.15) is 8.42 Å². The maximum atomic E-state index is 10.6. The molecule has 0 radical (unpaired) electrons. The van der Waals surface area contributed by atoms with E-state index in [2.05, 4.69) is 0 Å².